The van der Waals surface area contributed by atoms with Gasteiger partial charge in [0.05, 0.1) is 5.69 Å². The van der Waals surface area contributed by atoms with Crippen molar-refractivity contribution in [2.24, 2.45) is 5.92 Å². The summed E-state index contributed by atoms with van der Waals surface area (Å²) in [4.78, 5) is 6.82. The van der Waals surface area contributed by atoms with Crippen molar-refractivity contribution in [1.82, 2.24) is 4.98 Å². The zero-order chi connectivity index (χ0) is 12.3. The molecule has 2 rings (SSSR count). The maximum Gasteiger partial charge on any atom is 0.152 e. The van der Waals surface area contributed by atoms with E-state index >= 15 is 0 Å². The van der Waals surface area contributed by atoms with Crippen LogP contribution in [0.15, 0.2) is 12.3 Å². The average Bonchev–Trinajstić information content (AvgIpc) is 2.58. The quantitative estimate of drug-likeness (QED) is 0.854. The number of rotatable bonds is 2. The molecule has 0 bridgehead atoms. The van der Waals surface area contributed by atoms with Crippen LogP contribution in [0.5, 0.6) is 0 Å². The third kappa shape index (κ3) is 2.71. The first-order valence-electron chi connectivity index (χ1n) is 6.68. The van der Waals surface area contributed by atoms with E-state index in [1.54, 1.807) is 0 Å². The Bertz CT molecular complexity index is 376. The van der Waals surface area contributed by atoms with Gasteiger partial charge in [-0.05, 0) is 43.7 Å². The van der Waals surface area contributed by atoms with Gasteiger partial charge in [0, 0.05) is 19.3 Å². The second-order valence-corrected chi connectivity index (χ2v) is 5.06. The average molecular weight is 233 g/mol. The molecule has 0 radical (unpaired) electrons. The number of nitrogen functional groups attached to an aromatic ring is 1. The van der Waals surface area contributed by atoms with Crippen LogP contribution in [0.3, 0.4) is 0 Å². The van der Waals surface area contributed by atoms with Crippen molar-refractivity contribution in [3.8, 4) is 0 Å². The second kappa shape index (κ2) is 5.39. The van der Waals surface area contributed by atoms with Crippen LogP contribution in [0.1, 0.15) is 38.2 Å². The SMILES string of the molecule is CCC1CCCN(c2nccc(C)c2N)CC1. The number of nitrogens with zero attached hydrogens (tertiary/aromatic N) is 2. The minimum atomic E-state index is 0.849. The highest BCUT2D eigenvalue weighted by molar-refractivity contribution is 5.66. The molecule has 1 aliphatic heterocycles. The lowest BCUT2D eigenvalue weighted by atomic mass is 9.98. The van der Waals surface area contributed by atoms with Gasteiger partial charge in [0.15, 0.2) is 5.82 Å². The Labute approximate surface area is 104 Å². The standard InChI is InChI=1S/C14H23N3/c1-3-12-5-4-9-17(10-7-12)14-13(15)11(2)6-8-16-14/h6,8,12H,3-5,7,9-10,15H2,1-2H3. The Kier molecular flexibility index (Phi) is 3.87. The summed E-state index contributed by atoms with van der Waals surface area (Å²) >= 11 is 0. The molecule has 0 amide bonds. The lowest BCUT2D eigenvalue weighted by Gasteiger charge is -2.23. The summed E-state index contributed by atoms with van der Waals surface area (Å²) in [5, 5.41) is 0. The molecule has 0 saturated carbocycles. The van der Waals surface area contributed by atoms with Crippen molar-refractivity contribution in [2.75, 3.05) is 23.7 Å². The molecule has 0 spiro atoms. The summed E-state index contributed by atoms with van der Waals surface area (Å²) in [5.74, 6) is 1.87. The molecule has 3 heteroatoms. The van der Waals surface area contributed by atoms with Gasteiger partial charge in [0.1, 0.15) is 0 Å². The van der Waals surface area contributed by atoms with Crippen LogP contribution in [0.4, 0.5) is 11.5 Å². The summed E-state index contributed by atoms with van der Waals surface area (Å²) < 4.78 is 0. The first-order valence-corrected chi connectivity index (χ1v) is 6.68. The second-order valence-electron chi connectivity index (χ2n) is 5.06. The van der Waals surface area contributed by atoms with Crippen LogP contribution < -0.4 is 10.6 Å². The van der Waals surface area contributed by atoms with E-state index in [1.807, 2.05) is 19.2 Å². The molecule has 2 heterocycles. The van der Waals surface area contributed by atoms with Gasteiger partial charge in [-0.1, -0.05) is 13.3 Å². The molecule has 3 nitrogen and oxygen atoms in total. The Morgan fingerprint density at radius 3 is 3.00 bits per heavy atom. The Hall–Kier alpha value is -1.25. The summed E-state index contributed by atoms with van der Waals surface area (Å²) in [7, 11) is 0. The molecule has 0 aromatic carbocycles. The van der Waals surface area contributed by atoms with Gasteiger partial charge in [-0.2, -0.15) is 0 Å². The van der Waals surface area contributed by atoms with E-state index in [0.29, 0.717) is 0 Å². The van der Waals surface area contributed by atoms with Gasteiger partial charge in [0.25, 0.3) is 0 Å². The molecular formula is C14H23N3. The summed E-state index contributed by atoms with van der Waals surface area (Å²) in [5.41, 5.74) is 8.11. The van der Waals surface area contributed by atoms with E-state index < -0.39 is 0 Å². The number of hydrogen-bond donors (Lipinski definition) is 1. The van der Waals surface area contributed by atoms with Gasteiger partial charge < -0.3 is 10.6 Å². The number of hydrogen-bond acceptors (Lipinski definition) is 3. The predicted molar refractivity (Wildman–Crippen MR) is 73.2 cm³/mol. The molecular weight excluding hydrogens is 210 g/mol. The molecule has 1 aromatic rings. The maximum atomic E-state index is 6.13. The van der Waals surface area contributed by atoms with Gasteiger partial charge in [0.2, 0.25) is 0 Å². The molecule has 1 saturated heterocycles. The highest BCUT2D eigenvalue weighted by Crippen LogP contribution is 2.28. The lowest BCUT2D eigenvalue weighted by molar-refractivity contribution is 0.459. The predicted octanol–water partition coefficient (Wildman–Crippen LogP) is 2.99. The fourth-order valence-electron chi connectivity index (χ4n) is 2.59. The molecule has 2 N–H and O–H groups in total. The Balaban J connectivity index is 2.14. The maximum absolute atomic E-state index is 6.13. The van der Waals surface area contributed by atoms with Crippen LogP contribution in [0.2, 0.25) is 0 Å². The number of aromatic nitrogens is 1. The van der Waals surface area contributed by atoms with Gasteiger partial charge in [-0.25, -0.2) is 4.98 Å². The Morgan fingerprint density at radius 2 is 2.24 bits per heavy atom. The molecule has 17 heavy (non-hydrogen) atoms. The number of aryl methyl sites for hydroxylation is 1. The lowest BCUT2D eigenvalue weighted by Crippen LogP contribution is -2.26. The molecule has 1 atom stereocenters. The minimum absolute atomic E-state index is 0.849. The van der Waals surface area contributed by atoms with Gasteiger partial charge in [-0.15, -0.1) is 0 Å². The molecule has 1 unspecified atom stereocenters. The van der Waals surface area contributed by atoms with Crippen LogP contribution in [0.25, 0.3) is 0 Å². The van der Waals surface area contributed by atoms with Crippen molar-refractivity contribution in [3.05, 3.63) is 17.8 Å². The van der Waals surface area contributed by atoms with Crippen molar-refractivity contribution < 1.29 is 0 Å². The minimum Gasteiger partial charge on any atom is -0.396 e. The van der Waals surface area contributed by atoms with E-state index in [-0.39, 0.29) is 0 Å². The van der Waals surface area contributed by atoms with Crippen molar-refractivity contribution >= 4 is 11.5 Å². The number of anilines is 2. The topological polar surface area (TPSA) is 42.2 Å². The van der Waals surface area contributed by atoms with E-state index in [9.17, 15) is 0 Å². The molecule has 1 aliphatic rings. The molecule has 0 aliphatic carbocycles. The van der Waals surface area contributed by atoms with Gasteiger partial charge >= 0.3 is 0 Å². The van der Waals surface area contributed by atoms with Crippen LogP contribution in [-0.2, 0) is 0 Å². The Morgan fingerprint density at radius 1 is 1.41 bits per heavy atom. The zero-order valence-electron chi connectivity index (χ0n) is 10.9. The molecule has 1 fully saturated rings. The number of pyridine rings is 1. The van der Waals surface area contributed by atoms with E-state index in [1.165, 1.54) is 25.7 Å². The smallest absolute Gasteiger partial charge is 0.152 e. The third-order valence-electron chi connectivity index (χ3n) is 3.91. The summed E-state index contributed by atoms with van der Waals surface area (Å²) in [6.45, 7) is 6.53. The fourth-order valence-corrected chi connectivity index (χ4v) is 2.59. The number of nitrogens with two attached hydrogens (primary N) is 1. The van der Waals surface area contributed by atoms with E-state index in [4.69, 9.17) is 5.73 Å². The van der Waals surface area contributed by atoms with Gasteiger partial charge in [-0.3, -0.25) is 0 Å². The molecule has 94 valence electrons. The monoisotopic (exact) mass is 233 g/mol. The fraction of sp³-hybridized carbons (Fsp3) is 0.643. The van der Waals surface area contributed by atoms with Crippen molar-refractivity contribution in [3.63, 3.8) is 0 Å². The normalized spacial score (nSPS) is 21.3. The first kappa shape index (κ1) is 12.2. The summed E-state index contributed by atoms with van der Waals surface area (Å²) in [6, 6.07) is 1.98. The van der Waals surface area contributed by atoms with Crippen molar-refractivity contribution in [1.29, 1.82) is 0 Å². The first-order chi connectivity index (χ1) is 8.22. The van der Waals surface area contributed by atoms with E-state index in [0.717, 1.165) is 36.1 Å². The summed E-state index contributed by atoms with van der Waals surface area (Å²) in [6.07, 6.45) is 7.03. The van der Waals surface area contributed by atoms with Crippen LogP contribution >= 0.6 is 0 Å². The zero-order valence-corrected chi connectivity index (χ0v) is 10.9. The highest BCUT2D eigenvalue weighted by atomic mass is 15.2. The van der Waals surface area contributed by atoms with E-state index in [2.05, 4.69) is 16.8 Å². The highest BCUT2D eigenvalue weighted by Gasteiger charge is 2.18. The molecule has 1 aromatic heterocycles. The largest absolute Gasteiger partial charge is 0.396 e. The van der Waals surface area contributed by atoms with Crippen LogP contribution in [-0.4, -0.2) is 18.1 Å². The van der Waals surface area contributed by atoms with Crippen molar-refractivity contribution in [2.45, 2.75) is 39.5 Å². The van der Waals surface area contributed by atoms with Crippen LogP contribution in [0, 0.1) is 12.8 Å². The third-order valence-corrected chi connectivity index (χ3v) is 3.91.